The van der Waals surface area contributed by atoms with Gasteiger partial charge in [0.25, 0.3) is 5.91 Å². The van der Waals surface area contributed by atoms with E-state index in [9.17, 15) is 33.9 Å². The van der Waals surface area contributed by atoms with Crippen LogP contribution < -0.4 is 16.2 Å². The summed E-state index contributed by atoms with van der Waals surface area (Å²) >= 11 is 0. The molecule has 0 bridgehead atoms. The summed E-state index contributed by atoms with van der Waals surface area (Å²) in [6.07, 6.45) is -1.61. The molecule has 0 aromatic rings. The van der Waals surface area contributed by atoms with E-state index in [1.165, 1.54) is 13.8 Å². The second kappa shape index (κ2) is 12.9. The van der Waals surface area contributed by atoms with Gasteiger partial charge in [0, 0.05) is 29.5 Å². The van der Waals surface area contributed by atoms with Gasteiger partial charge in [-0.25, -0.2) is 9.59 Å². The highest BCUT2D eigenvalue weighted by atomic mass is 16.5. The van der Waals surface area contributed by atoms with Crippen molar-refractivity contribution in [3.8, 4) is 0 Å². The number of nitrogens with one attached hydrogen (secondary N) is 1. The van der Waals surface area contributed by atoms with Gasteiger partial charge in [-0.3, -0.25) is 14.4 Å². The lowest BCUT2D eigenvalue weighted by Gasteiger charge is -2.22. The minimum Gasteiger partial charge on any atom is -0.550 e. The van der Waals surface area contributed by atoms with Crippen molar-refractivity contribution in [2.75, 3.05) is 13.2 Å². The molecule has 0 aliphatic carbocycles. The van der Waals surface area contributed by atoms with Crippen molar-refractivity contribution in [2.45, 2.75) is 38.8 Å². The summed E-state index contributed by atoms with van der Waals surface area (Å²) in [7, 11) is 0. The monoisotopic (exact) mass is 442 g/mol. The number of hydrogen-bond donors (Lipinski definition) is 3. The van der Waals surface area contributed by atoms with Crippen molar-refractivity contribution < 1.29 is 54.2 Å². The van der Waals surface area contributed by atoms with E-state index < -0.39 is 79.6 Å². The molecular weight excluding hydrogens is 416 g/mol. The first kappa shape index (κ1) is 27.5. The van der Waals surface area contributed by atoms with E-state index in [0.717, 1.165) is 0 Å². The molecule has 3 atom stereocenters. The van der Waals surface area contributed by atoms with E-state index in [-0.39, 0.29) is 11.1 Å². The zero-order chi connectivity index (χ0) is 24.3. The van der Waals surface area contributed by atoms with Gasteiger partial charge in [-0.15, -0.1) is 0 Å². The second-order valence-corrected chi connectivity index (χ2v) is 6.80. The van der Waals surface area contributed by atoms with Crippen molar-refractivity contribution in [1.29, 1.82) is 0 Å². The molecule has 31 heavy (non-hydrogen) atoms. The summed E-state index contributed by atoms with van der Waals surface area (Å²) in [5, 5.41) is 22.4. The highest BCUT2D eigenvalue weighted by Crippen LogP contribution is 2.10. The van der Waals surface area contributed by atoms with Gasteiger partial charge in [-0.2, -0.15) is 0 Å². The SMILES string of the molecule is C=C(C)C(=O)OC[C@H](CC(=O)[C@H](CC(=O)O)NC(=O)[C@@H]([NH3+])COC(=O)C(=C)C)C(=O)[O-]. The molecule has 0 spiro atoms. The third-order valence-electron chi connectivity index (χ3n) is 3.76. The van der Waals surface area contributed by atoms with Crippen LogP contribution in [0.25, 0.3) is 0 Å². The quantitative estimate of drug-likeness (QED) is 0.185. The number of carbonyl (C=O) groups excluding carboxylic acids is 5. The number of carboxylic acids is 2. The third-order valence-corrected chi connectivity index (χ3v) is 3.76. The number of ketones is 1. The minimum absolute atomic E-state index is 0.00766. The molecule has 0 saturated heterocycles. The number of esters is 2. The van der Waals surface area contributed by atoms with E-state index in [1.807, 2.05) is 0 Å². The highest BCUT2D eigenvalue weighted by molar-refractivity contribution is 5.94. The maximum absolute atomic E-state index is 12.4. The number of Topliss-reactive ketones (excluding diaryl/α,β-unsaturated/α-hetero) is 1. The Bertz CT molecular complexity index is 774. The Morgan fingerprint density at radius 2 is 1.45 bits per heavy atom. The maximum Gasteiger partial charge on any atom is 0.333 e. The van der Waals surface area contributed by atoms with Gasteiger partial charge in [0.2, 0.25) is 0 Å². The lowest BCUT2D eigenvalue weighted by atomic mass is 9.97. The fourth-order valence-electron chi connectivity index (χ4n) is 1.98. The number of carbonyl (C=O) groups is 6. The van der Waals surface area contributed by atoms with Crippen LogP contribution >= 0.6 is 0 Å². The van der Waals surface area contributed by atoms with Gasteiger partial charge < -0.3 is 35.5 Å². The van der Waals surface area contributed by atoms with E-state index in [0.29, 0.717) is 0 Å². The molecule has 172 valence electrons. The van der Waals surface area contributed by atoms with Crippen molar-refractivity contribution in [1.82, 2.24) is 5.32 Å². The molecule has 0 aliphatic rings. The fourth-order valence-corrected chi connectivity index (χ4v) is 1.98. The zero-order valence-electron chi connectivity index (χ0n) is 17.3. The number of rotatable bonds is 14. The van der Waals surface area contributed by atoms with Crippen molar-refractivity contribution in [3.05, 3.63) is 24.3 Å². The van der Waals surface area contributed by atoms with Crippen LogP contribution in [-0.2, 0) is 38.2 Å². The normalized spacial score (nSPS) is 13.1. The Labute approximate surface area is 178 Å². The largest absolute Gasteiger partial charge is 0.550 e. The van der Waals surface area contributed by atoms with Crippen molar-refractivity contribution in [2.24, 2.45) is 5.92 Å². The predicted octanol–water partition coefficient (Wildman–Crippen LogP) is -2.88. The molecule has 12 heteroatoms. The lowest BCUT2D eigenvalue weighted by molar-refractivity contribution is -0.409. The third kappa shape index (κ3) is 10.7. The highest BCUT2D eigenvalue weighted by Gasteiger charge is 2.30. The second-order valence-electron chi connectivity index (χ2n) is 6.80. The number of amides is 1. The molecular formula is C19H26N2O10. The first-order valence-electron chi connectivity index (χ1n) is 9.00. The standard InChI is InChI=1S/C19H26N2O10/c1-9(2)18(28)30-7-11(17(26)27)5-14(22)13(6-15(23)24)21-16(25)12(20)8-31-19(29)10(3)4/h11-13H,1,3,5-8,20H2,2,4H3,(H,21,25)(H,23,24)(H,26,27)/t11-,12-,13-/m0/s1. The number of quaternary nitrogens is 1. The Morgan fingerprint density at radius 3 is 1.87 bits per heavy atom. The smallest absolute Gasteiger partial charge is 0.333 e. The summed E-state index contributed by atoms with van der Waals surface area (Å²) < 4.78 is 9.48. The molecule has 5 N–H and O–H groups in total. The van der Waals surface area contributed by atoms with E-state index in [2.05, 4.69) is 24.2 Å². The van der Waals surface area contributed by atoms with Crippen LogP contribution in [0, 0.1) is 5.92 Å². The number of carboxylic acid groups (broad SMARTS) is 2. The Hall–Kier alpha value is -3.54. The van der Waals surface area contributed by atoms with Crippen LogP contribution in [0.1, 0.15) is 26.7 Å². The summed E-state index contributed by atoms with van der Waals surface area (Å²) in [4.78, 5) is 69.7. The van der Waals surface area contributed by atoms with Crippen LogP contribution in [0.2, 0.25) is 0 Å². The predicted molar refractivity (Wildman–Crippen MR) is 101 cm³/mol. The van der Waals surface area contributed by atoms with E-state index in [4.69, 9.17) is 14.6 Å². The molecule has 0 rings (SSSR count). The molecule has 0 aromatic carbocycles. The number of hydrogen-bond acceptors (Lipinski definition) is 9. The Balaban J connectivity index is 5.13. The zero-order valence-corrected chi connectivity index (χ0v) is 17.3. The molecule has 12 nitrogen and oxygen atoms in total. The number of ether oxygens (including phenoxy) is 2. The average Bonchev–Trinajstić information content (AvgIpc) is 2.66. The van der Waals surface area contributed by atoms with Crippen LogP contribution in [0.3, 0.4) is 0 Å². The first-order valence-corrected chi connectivity index (χ1v) is 9.00. The van der Waals surface area contributed by atoms with Gasteiger partial charge in [-0.1, -0.05) is 13.2 Å². The topological polar surface area (TPSA) is 204 Å². The summed E-state index contributed by atoms with van der Waals surface area (Å²) in [6, 6.07) is -2.77. The molecule has 0 saturated carbocycles. The van der Waals surface area contributed by atoms with Crippen LogP contribution in [0.4, 0.5) is 0 Å². The van der Waals surface area contributed by atoms with Gasteiger partial charge in [0.1, 0.15) is 6.61 Å². The molecule has 0 heterocycles. The van der Waals surface area contributed by atoms with Crippen molar-refractivity contribution in [3.63, 3.8) is 0 Å². The van der Waals surface area contributed by atoms with Crippen molar-refractivity contribution >= 4 is 35.6 Å². The van der Waals surface area contributed by atoms with Gasteiger partial charge >= 0.3 is 17.9 Å². The van der Waals surface area contributed by atoms with E-state index >= 15 is 0 Å². The summed E-state index contributed by atoms with van der Waals surface area (Å²) in [5.41, 5.74) is 3.57. The molecule has 0 radical (unpaired) electrons. The molecule has 0 unspecified atom stereocenters. The summed E-state index contributed by atoms with van der Waals surface area (Å²) in [5.74, 6) is -8.19. The molecule has 0 fully saturated rings. The average molecular weight is 442 g/mol. The molecule has 0 aliphatic heterocycles. The molecule has 1 amide bonds. The lowest BCUT2D eigenvalue weighted by Crippen LogP contribution is -2.70. The van der Waals surface area contributed by atoms with Gasteiger partial charge in [0.15, 0.2) is 18.4 Å². The van der Waals surface area contributed by atoms with Crippen LogP contribution in [-0.4, -0.2) is 66.0 Å². The summed E-state index contributed by atoms with van der Waals surface area (Å²) in [6.45, 7) is 8.26. The van der Waals surface area contributed by atoms with E-state index in [1.54, 1.807) is 0 Å². The van der Waals surface area contributed by atoms with Gasteiger partial charge in [0.05, 0.1) is 12.5 Å². The van der Waals surface area contributed by atoms with Gasteiger partial charge in [-0.05, 0) is 13.8 Å². The molecule has 0 aromatic heterocycles. The first-order chi connectivity index (χ1) is 14.3. The van der Waals surface area contributed by atoms with Crippen LogP contribution in [0.15, 0.2) is 24.3 Å². The number of aliphatic carboxylic acids is 2. The minimum atomic E-state index is -1.70. The fraction of sp³-hybridized carbons (Fsp3) is 0.474. The Kier molecular flexibility index (Phi) is 11.4. The maximum atomic E-state index is 12.4. The Morgan fingerprint density at radius 1 is 0.968 bits per heavy atom. The van der Waals surface area contributed by atoms with Crippen LogP contribution in [0.5, 0.6) is 0 Å².